The zero-order valence-electron chi connectivity index (χ0n) is 15.5. The number of aromatic nitrogens is 2. The summed E-state index contributed by atoms with van der Waals surface area (Å²) in [4.78, 5) is 16.9. The second kappa shape index (κ2) is 8.01. The van der Waals surface area contributed by atoms with Crippen LogP contribution in [0.1, 0.15) is 6.92 Å². The van der Waals surface area contributed by atoms with Gasteiger partial charge < -0.3 is 19.4 Å². The van der Waals surface area contributed by atoms with Gasteiger partial charge in [-0.05, 0) is 6.54 Å². The maximum atomic E-state index is 5.51. The van der Waals surface area contributed by atoms with Crippen molar-refractivity contribution in [2.45, 2.75) is 6.92 Å². The first kappa shape index (κ1) is 17.2. The van der Waals surface area contributed by atoms with Crippen molar-refractivity contribution in [3.05, 3.63) is 36.4 Å². The predicted molar refractivity (Wildman–Crippen MR) is 105 cm³/mol. The summed E-state index contributed by atoms with van der Waals surface area (Å²) in [5, 5.41) is 0. The highest BCUT2D eigenvalue weighted by atomic mass is 16.5. The Morgan fingerprint density at radius 3 is 2.31 bits per heavy atom. The molecule has 0 aliphatic carbocycles. The van der Waals surface area contributed by atoms with E-state index in [0.717, 1.165) is 82.1 Å². The summed E-state index contributed by atoms with van der Waals surface area (Å²) in [6.07, 6.45) is 0. The quantitative estimate of drug-likeness (QED) is 0.839. The third kappa shape index (κ3) is 3.81. The molecule has 3 heterocycles. The van der Waals surface area contributed by atoms with E-state index in [4.69, 9.17) is 14.7 Å². The summed E-state index contributed by atoms with van der Waals surface area (Å²) in [6, 6.07) is 12.5. The molecule has 2 saturated heterocycles. The summed E-state index contributed by atoms with van der Waals surface area (Å²) < 4.78 is 5.51. The van der Waals surface area contributed by atoms with Crippen molar-refractivity contribution in [3.63, 3.8) is 0 Å². The Morgan fingerprint density at radius 2 is 1.62 bits per heavy atom. The van der Waals surface area contributed by atoms with Crippen LogP contribution in [-0.4, -0.2) is 73.9 Å². The third-order valence-electron chi connectivity index (χ3n) is 5.21. The molecular formula is C20H27N5O. The number of benzene rings is 1. The molecule has 2 fully saturated rings. The Hall–Kier alpha value is -2.18. The van der Waals surface area contributed by atoms with Crippen molar-refractivity contribution in [2.24, 2.45) is 0 Å². The molecule has 1 aromatic carbocycles. The average Bonchev–Trinajstić information content (AvgIpc) is 2.75. The van der Waals surface area contributed by atoms with Crippen LogP contribution in [0.15, 0.2) is 36.4 Å². The van der Waals surface area contributed by atoms with Crippen molar-refractivity contribution in [1.29, 1.82) is 0 Å². The summed E-state index contributed by atoms with van der Waals surface area (Å²) >= 11 is 0. The van der Waals surface area contributed by atoms with Crippen molar-refractivity contribution in [1.82, 2.24) is 14.9 Å². The van der Waals surface area contributed by atoms with Crippen LogP contribution in [-0.2, 0) is 4.74 Å². The van der Waals surface area contributed by atoms with Crippen molar-refractivity contribution in [3.8, 4) is 11.3 Å². The topological polar surface area (TPSA) is 44.7 Å². The summed E-state index contributed by atoms with van der Waals surface area (Å²) in [5.74, 6) is 1.86. The molecule has 26 heavy (non-hydrogen) atoms. The summed E-state index contributed by atoms with van der Waals surface area (Å²) in [5.41, 5.74) is 2.13. The first-order valence-corrected chi connectivity index (χ1v) is 9.58. The molecule has 2 aromatic rings. The molecule has 0 radical (unpaired) electrons. The van der Waals surface area contributed by atoms with Crippen LogP contribution >= 0.6 is 0 Å². The Morgan fingerprint density at radius 1 is 0.885 bits per heavy atom. The Balaban J connectivity index is 1.66. The lowest BCUT2D eigenvalue weighted by Crippen LogP contribution is -2.47. The highest BCUT2D eigenvalue weighted by Gasteiger charge is 2.21. The standard InChI is InChI=1S/C20H27N5O/c1-2-23-8-10-25(11-9-23)20-21-18(17-6-4-3-5-7-17)16-19(22-20)24-12-14-26-15-13-24/h3-7,16H,2,8-15H2,1H3. The van der Waals surface area contributed by atoms with Crippen LogP contribution < -0.4 is 9.80 Å². The van der Waals surface area contributed by atoms with Gasteiger partial charge in [0.05, 0.1) is 18.9 Å². The van der Waals surface area contributed by atoms with Gasteiger partial charge in [0.2, 0.25) is 5.95 Å². The molecule has 0 N–H and O–H groups in total. The van der Waals surface area contributed by atoms with Crippen LogP contribution in [0.3, 0.4) is 0 Å². The lowest BCUT2D eigenvalue weighted by Gasteiger charge is -2.35. The van der Waals surface area contributed by atoms with Crippen LogP contribution in [0.5, 0.6) is 0 Å². The maximum absolute atomic E-state index is 5.51. The Labute approximate surface area is 155 Å². The third-order valence-corrected chi connectivity index (χ3v) is 5.21. The second-order valence-electron chi connectivity index (χ2n) is 6.80. The molecule has 138 valence electrons. The van der Waals surface area contributed by atoms with Gasteiger partial charge in [0.25, 0.3) is 0 Å². The lowest BCUT2D eigenvalue weighted by molar-refractivity contribution is 0.122. The Bertz CT molecular complexity index is 709. The first-order valence-electron chi connectivity index (χ1n) is 9.58. The minimum Gasteiger partial charge on any atom is -0.378 e. The smallest absolute Gasteiger partial charge is 0.227 e. The van der Waals surface area contributed by atoms with E-state index in [1.165, 1.54) is 0 Å². The SMILES string of the molecule is CCN1CCN(c2nc(-c3ccccc3)cc(N3CCOCC3)n2)CC1. The van der Waals surface area contributed by atoms with E-state index >= 15 is 0 Å². The minimum atomic E-state index is 0.759. The van der Waals surface area contributed by atoms with E-state index in [2.05, 4.69) is 52.0 Å². The van der Waals surface area contributed by atoms with E-state index in [1.807, 2.05) is 6.07 Å². The van der Waals surface area contributed by atoms with Gasteiger partial charge in [-0.1, -0.05) is 37.3 Å². The molecule has 0 spiro atoms. The molecular weight excluding hydrogens is 326 g/mol. The molecule has 0 atom stereocenters. The molecule has 0 bridgehead atoms. The number of anilines is 2. The van der Waals surface area contributed by atoms with E-state index in [0.29, 0.717) is 0 Å². The molecule has 6 heteroatoms. The molecule has 0 saturated carbocycles. The van der Waals surface area contributed by atoms with E-state index in [1.54, 1.807) is 0 Å². The van der Waals surface area contributed by atoms with Crippen molar-refractivity contribution >= 4 is 11.8 Å². The van der Waals surface area contributed by atoms with Gasteiger partial charge >= 0.3 is 0 Å². The number of morpholine rings is 1. The predicted octanol–water partition coefficient (Wildman–Crippen LogP) is 2.12. The lowest BCUT2D eigenvalue weighted by atomic mass is 10.1. The van der Waals surface area contributed by atoms with Crippen molar-refractivity contribution in [2.75, 3.05) is 68.8 Å². The van der Waals surface area contributed by atoms with Crippen LogP contribution in [0.25, 0.3) is 11.3 Å². The zero-order chi connectivity index (χ0) is 17.8. The molecule has 4 rings (SSSR count). The number of ether oxygens (including phenoxy) is 1. The van der Waals surface area contributed by atoms with Gasteiger partial charge in [-0.15, -0.1) is 0 Å². The zero-order valence-corrected chi connectivity index (χ0v) is 15.5. The van der Waals surface area contributed by atoms with Crippen LogP contribution in [0.2, 0.25) is 0 Å². The van der Waals surface area contributed by atoms with E-state index < -0.39 is 0 Å². The number of nitrogens with zero attached hydrogens (tertiary/aromatic N) is 5. The number of likely N-dealkylation sites (N-methyl/N-ethyl adjacent to an activating group) is 1. The van der Waals surface area contributed by atoms with Gasteiger partial charge in [0.15, 0.2) is 0 Å². The van der Waals surface area contributed by atoms with Gasteiger partial charge in [-0.3, -0.25) is 0 Å². The number of hydrogen-bond donors (Lipinski definition) is 0. The fourth-order valence-corrected chi connectivity index (χ4v) is 3.54. The highest BCUT2D eigenvalue weighted by Crippen LogP contribution is 2.26. The van der Waals surface area contributed by atoms with Gasteiger partial charge in [-0.2, -0.15) is 4.98 Å². The van der Waals surface area contributed by atoms with Crippen molar-refractivity contribution < 1.29 is 4.74 Å². The maximum Gasteiger partial charge on any atom is 0.227 e. The monoisotopic (exact) mass is 353 g/mol. The van der Waals surface area contributed by atoms with E-state index in [9.17, 15) is 0 Å². The van der Waals surface area contributed by atoms with Crippen LogP contribution in [0, 0.1) is 0 Å². The molecule has 1 aromatic heterocycles. The highest BCUT2D eigenvalue weighted by molar-refractivity contribution is 5.65. The van der Waals surface area contributed by atoms with E-state index in [-0.39, 0.29) is 0 Å². The average molecular weight is 353 g/mol. The summed E-state index contributed by atoms with van der Waals surface area (Å²) in [6.45, 7) is 10.7. The molecule has 2 aliphatic heterocycles. The Kier molecular flexibility index (Phi) is 5.32. The number of piperazine rings is 1. The first-order chi connectivity index (χ1) is 12.8. The molecule has 6 nitrogen and oxygen atoms in total. The minimum absolute atomic E-state index is 0.759. The summed E-state index contributed by atoms with van der Waals surface area (Å²) in [7, 11) is 0. The largest absolute Gasteiger partial charge is 0.378 e. The molecule has 2 aliphatic rings. The van der Waals surface area contributed by atoms with Gasteiger partial charge in [0.1, 0.15) is 5.82 Å². The molecule has 0 amide bonds. The second-order valence-corrected chi connectivity index (χ2v) is 6.80. The van der Waals surface area contributed by atoms with Gasteiger partial charge in [0, 0.05) is 50.9 Å². The van der Waals surface area contributed by atoms with Gasteiger partial charge in [-0.25, -0.2) is 4.98 Å². The fraction of sp³-hybridized carbons (Fsp3) is 0.500. The fourth-order valence-electron chi connectivity index (χ4n) is 3.54. The molecule has 0 unspecified atom stereocenters. The number of hydrogen-bond acceptors (Lipinski definition) is 6. The normalized spacial score (nSPS) is 19.0. The number of rotatable bonds is 4. The van der Waals surface area contributed by atoms with Crippen LogP contribution in [0.4, 0.5) is 11.8 Å².